The number of para-hydroxylation sites is 1. The highest BCUT2D eigenvalue weighted by atomic mass is 32.1. The molecule has 35 heavy (non-hydrogen) atoms. The minimum atomic E-state index is -0.324. The van der Waals surface area contributed by atoms with Crippen molar-refractivity contribution in [3.8, 4) is 0 Å². The Hall–Kier alpha value is -3.08. The summed E-state index contributed by atoms with van der Waals surface area (Å²) in [5.74, 6) is 1.59. The number of aromatic nitrogens is 3. The number of thiazole rings is 1. The van der Waals surface area contributed by atoms with E-state index in [1.165, 1.54) is 11.3 Å². The maximum atomic E-state index is 13.7. The van der Waals surface area contributed by atoms with E-state index in [0.29, 0.717) is 33.6 Å². The molecular formula is C25H27N7O2S. The van der Waals surface area contributed by atoms with Crippen molar-refractivity contribution in [1.29, 1.82) is 0 Å². The monoisotopic (exact) mass is 489 g/mol. The van der Waals surface area contributed by atoms with E-state index in [1.807, 2.05) is 28.7 Å². The third-order valence-electron chi connectivity index (χ3n) is 7.74. The smallest absolute Gasteiger partial charge is 0.258 e. The molecule has 3 atom stereocenters. The molecule has 3 unspecified atom stereocenters. The van der Waals surface area contributed by atoms with Gasteiger partial charge in [-0.2, -0.15) is 4.98 Å². The van der Waals surface area contributed by atoms with Crippen molar-refractivity contribution >= 4 is 49.3 Å². The topological polar surface area (TPSA) is 94.9 Å². The maximum Gasteiger partial charge on any atom is 0.258 e. The van der Waals surface area contributed by atoms with Crippen LogP contribution in [0, 0.1) is 11.8 Å². The number of nitrogens with one attached hydrogen (secondary N) is 2. The minimum Gasteiger partial charge on any atom is -0.348 e. The van der Waals surface area contributed by atoms with Crippen LogP contribution in [0.15, 0.2) is 35.3 Å². The van der Waals surface area contributed by atoms with Gasteiger partial charge in [0.1, 0.15) is 10.4 Å². The van der Waals surface area contributed by atoms with E-state index >= 15 is 0 Å². The molecular weight excluding hydrogens is 462 g/mol. The number of hydrogen-bond acceptors (Lipinski definition) is 8. The fourth-order valence-electron chi connectivity index (χ4n) is 6.07. The van der Waals surface area contributed by atoms with E-state index in [-0.39, 0.29) is 22.9 Å². The average Bonchev–Trinajstić information content (AvgIpc) is 3.62. The molecule has 0 spiro atoms. The molecule has 2 N–H and O–H groups in total. The van der Waals surface area contributed by atoms with Gasteiger partial charge in [0.05, 0.1) is 15.6 Å². The Kier molecular flexibility index (Phi) is 4.83. The molecule has 6 heterocycles. The predicted octanol–water partition coefficient (Wildman–Crippen LogP) is 1.55. The number of likely N-dealkylation sites (tertiary alicyclic amines) is 1. The molecule has 1 amide bonds. The molecule has 3 saturated heterocycles. The van der Waals surface area contributed by atoms with Gasteiger partial charge in [-0.25, -0.2) is 4.98 Å². The molecule has 3 aromatic heterocycles. The Morgan fingerprint density at radius 3 is 2.74 bits per heavy atom. The van der Waals surface area contributed by atoms with Gasteiger partial charge in [-0.3, -0.25) is 14.0 Å². The lowest BCUT2D eigenvalue weighted by Gasteiger charge is -2.19. The van der Waals surface area contributed by atoms with Crippen LogP contribution in [0.1, 0.15) is 16.8 Å². The van der Waals surface area contributed by atoms with Gasteiger partial charge in [-0.15, -0.1) is 11.3 Å². The van der Waals surface area contributed by atoms with Gasteiger partial charge in [-0.05, 0) is 44.0 Å². The van der Waals surface area contributed by atoms with E-state index < -0.39 is 0 Å². The van der Waals surface area contributed by atoms with Gasteiger partial charge in [0.25, 0.3) is 5.91 Å². The van der Waals surface area contributed by atoms with Crippen molar-refractivity contribution in [2.45, 2.75) is 12.5 Å². The van der Waals surface area contributed by atoms with Crippen LogP contribution in [-0.4, -0.2) is 77.5 Å². The Balaban J connectivity index is 1.40. The first kappa shape index (κ1) is 21.2. The Morgan fingerprint density at radius 2 is 1.97 bits per heavy atom. The molecule has 0 bridgehead atoms. The molecule has 0 saturated carbocycles. The number of nitrogens with zero attached hydrogens (tertiary/aromatic N) is 5. The molecule has 3 aliphatic rings. The minimum absolute atomic E-state index is 0.0271. The molecule has 0 radical (unpaired) electrons. The molecule has 0 aliphatic carbocycles. The number of pyridine rings is 1. The summed E-state index contributed by atoms with van der Waals surface area (Å²) in [6.07, 6.45) is 2.48. The first-order valence-electron chi connectivity index (χ1n) is 12.2. The zero-order valence-corrected chi connectivity index (χ0v) is 20.3. The number of rotatable bonds is 3. The number of benzene rings is 1. The Morgan fingerprint density at radius 1 is 1.17 bits per heavy atom. The van der Waals surface area contributed by atoms with Gasteiger partial charge in [0.2, 0.25) is 11.4 Å². The highest BCUT2D eigenvalue weighted by Gasteiger charge is 2.39. The summed E-state index contributed by atoms with van der Waals surface area (Å²) in [7, 11) is 2.18. The van der Waals surface area contributed by atoms with Crippen molar-refractivity contribution in [3.63, 3.8) is 0 Å². The maximum absolute atomic E-state index is 13.7. The molecule has 3 fully saturated rings. The summed E-state index contributed by atoms with van der Waals surface area (Å²) in [5, 5.41) is 6.70. The van der Waals surface area contributed by atoms with Gasteiger partial charge < -0.3 is 20.4 Å². The third-order valence-corrected chi connectivity index (χ3v) is 8.89. The second-order valence-corrected chi connectivity index (χ2v) is 11.2. The number of hydrogen-bond donors (Lipinski definition) is 2. The first-order chi connectivity index (χ1) is 17.1. The fourth-order valence-corrected chi connectivity index (χ4v) is 7.25. The van der Waals surface area contributed by atoms with Crippen molar-refractivity contribution in [2.75, 3.05) is 51.2 Å². The van der Waals surface area contributed by atoms with Gasteiger partial charge in [-0.1, -0.05) is 12.1 Å². The van der Waals surface area contributed by atoms with Gasteiger partial charge in [0.15, 0.2) is 5.65 Å². The van der Waals surface area contributed by atoms with Gasteiger partial charge >= 0.3 is 0 Å². The van der Waals surface area contributed by atoms with Crippen LogP contribution in [0.4, 0.5) is 5.95 Å². The summed E-state index contributed by atoms with van der Waals surface area (Å²) < 4.78 is 2.99. The number of carbonyl (C=O) groups excluding carboxylic acids is 1. The van der Waals surface area contributed by atoms with Crippen LogP contribution < -0.4 is 21.0 Å². The second-order valence-electron chi connectivity index (χ2n) is 10.1. The van der Waals surface area contributed by atoms with Crippen LogP contribution in [0.25, 0.3) is 26.1 Å². The summed E-state index contributed by atoms with van der Waals surface area (Å²) in [6, 6.07) is 8.01. The van der Waals surface area contributed by atoms with E-state index in [4.69, 9.17) is 4.98 Å². The molecule has 3 aliphatic heterocycles. The molecule has 180 valence electrons. The van der Waals surface area contributed by atoms with Crippen LogP contribution in [0.3, 0.4) is 0 Å². The van der Waals surface area contributed by atoms with Crippen molar-refractivity contribution in [3.05, 3.63) is 46.2 Å². The summed E-state index contributed by atoms with van der Waals surface area (Å²) >= 11 is 1.46. The zero-order chi connectivity index (χ0) is 23.7. The van der Waals surface area contributed by atoms with Gasteiger partial charge in [0, 0.05) is 45.0 Å². The Bertz CT molecular complexity index is 1530. The number of fused-ring (bicyclic) bond motifs is 6. The SMILES string of the molecule is CN1CC2CN(c3ncc4c(=O)c(C(=O)NC5CCNC5)c5sc6ccccc6n5c4n3)CC2C1. The summed E-state index contributed by atoms with van der Waals surface area (Å²) in [4.78, 5) is 41.9. The van der Waals surface area contributed by atoms with Crippen LogP contribution in [0.5, 0.6) is 0 Å². The molecule has 4 aromatic rings. The summed E-state index contributed by atoms with van der Waals surface area (Å²) in [5.41, 5.74) is 1.39. The number of carbonyl (C=O) groups is 1. The van der Waals surface area contributed by atoms with Crippen LogP contribution in [-0.2, 0) is 0 Å². The quantitative estimate of drug-likeness (QED) is 0.451. The van der Waals surface area contributed by atoms with E-state index in [0.717, 1.165) is 55.9 Å². The number of anilines is 1. The number of amides is 1. The lowest BCUT2D eigenvalue weighted by atomic mass is 10.0. The summed E-state index contributed by atoms with van der Waals surface area (Å²) in [6.45, 7) is 5.64. The normalized spacial score (nSPS) is 24.7. The zero-order valence-electron chi connectivity index (χ0n) is 19.5. The standard InChI is InChI=1S/C25H27N7O2S/c1-30-10-14-12-31(13-15(14)11-30)25-27-9-17-21(33)20(23(34)28-16-6-7-26-8-16)24-32(22(17)29-25)18-4-2-3-5-19(18)35-24/h2-5,9,14-16,26H,6-8,10-13H2,1H3,(H,28,34). The highest BCUT2D eigenvalue weighted by Crippen LogP contribution is 2.34. The first-order valence-corrected chi connectivity index (χ1v) is 13.1. The largest absolute Gasteiger partial charge is 0.348 e. The fraction of sp³-hybridized carbons (Fsp3) is 0.440. The lowest BCUT2D eigenvalue weighted by Crippen LogP contribution is -2.38. The predicted molar refractivity (Wildman–Crippen MR) is 138 cm³/mol. The Labute approximate surface area is 205 Å². The average molecular weight is 490 g/mol. The van der Waals surface area contributed by atoms with Crippen LogP contribution in [0.2, 0.25) is 0 Å². The van der Waals surface area contributed by atoms with Crippen LogP contribution >= 0.6 is 11.3 Å². The second kappa shape index (κ2) is 7.97. The van der Waals surface area contributed by atoms with Crippen molar-refractivity contribution < 1.29 is 4.79 Å². The van der Waals surface area contributed by atoms with Crippen molar-refractivity contribution in [1.82, 2.24) is 29.9 Å². The van der Waals surface area contributed by atoms with E-state index in [9.17, 15) is 9.59 Å². The molecule has 7 rings (SSSR count). The lowest BCUT2D eigenvalue weighted by molar-refractivity contribution is 0.0940. The molecule has 1 aromatic carbocycles. The third kappa shape index (κ3) is 3.35. The van der Waals surface area contributed by atoms with Crippen molar-refractivity contribution in [2.24, 2.45) is 11.8 Å². The van der Waals surface area contributed by atoms with E-state index in [2.05, 4.69) is 32.5 Å². The molecule has 9 nitrogen and oxygen atoms in total. The highest BCUT2D eigenvalue weighted by molar-refractivity contribution is 7.24. The molecule has 10 heteroatoms. The van der Waals surface area contributed by atoms with E-state index in [1.54, 1.807) is 6.20 Å².